The fourth-order valence-electron chi connectivity index (χ4n) is 2.65. The van der Waals surface area contributed by atoms with Crippen molar-refractivity contribution in [3.8, 4) is 0 Å². The number of carbonyl (C=O) groups is 4. The second kappa shape index (κ2) is 13.9. The molecule has 0 saturated heterocycles. The Balaban J connectivity index is 5.45. The number of unbranched alkanes of at least 4 members (excludes halogenated alkanes) is 1. The van der Waals surface area contributed by atoms with Crippen LogP contribution in [0.25, 0.3) is 0 Å². The molecular formula is C19H37N5O6. The maximum Gasteiger partial charge on any atom is 0.328 e. The van der Waals surface area contributed by atoms with Crippen LogP contribution in [-0.2, 0) is 19.2 Å². The first kappa shape index (κ1) is 27.8. The van der Waals surface area contributed by atoms with Gasteiger partial charge in [0.25, 0.3) is 0 Å². The second-order valence-electron chi connectivity index (χ2n) is 7.57. The molecule has 0 rings (SSSR count). The lowest BCUT2D eigenvalue weighted by molar-refractivity contribution is -0.145. The van der Waals surface area contributed by atoms with Gasteiger partial charge in [0.05, 0.1) is 12.1 Å². The van der Waals surface area contributed by atoms with E-state index in [1.54, 1.807) is 6.92 Å². The lowest BCUT2D eigenvalue weighted by Gasteiger charge is -2.28. The normalized spacial score (nSPS) is 17.0. The highest BCUT2D eigenvalue weighted by molar-refractivity contribution is 5.94. The number of carboxylic acids is 1. The number of nitrogens with one attached hydrogen (secondary N) is 3. The molecule has 3 amide bonds. The smallest absolute Gasteiger partial charge is 0.328 e. The van der Waals surface area contributed by atoms with Gasteiger partial charge in [-0.05, 0) is 45.6 Å². The monoisotopic (exact) mass is 431 g/mol. The maximum atomic E-state index is 12.8. The Labute approximate surface area is 177 Å². The van der Waals surface area contributed by atoms with Gasteiger partial charge in [0, 0.05) is 0 Å². The first-order valence-corrected chi connectivity index (χ1v) is 10.2. The molecule has 0 aliphatic carbocycles. The average molecular weight is 432 g/mol. The highest BCUT2D eigenvalue weighted by Crippen LogP contribution is 2.11. The van der Waals surface area contributed by atoms with Crippen molar-refractivity contribution in [2.75, 3.05) is 6.54 Å². The van der Waals surface area contributed by atoms with E-state index in [9.17, 15) is 29.4 Å². The van der Waals surface area contributed by atoms with Gasteiger partial charge in [-0.2, -0.15) is 0 Å². The summed E-state index contributed by atoms with van der Waals surface area (Å²) >= 11 is 0. The van der Waals surface area contributed by atoms with Crippen LogP contribution in [0.5, 0.6) is 0 Å². The largest absolute Gasteiger partial charge is 0.480 e. The molecule has 6 atom stereocenters. The minimum Gasteiger partial charge on any atom is -0.480 e. The van der Waals surface area contributed by atoms with E-state index in [1.165, 1.54) is 13.8 Å². The summed E-state index contributed by atoms with van der Waals surface area (Å²) in [5, 5.41) is 26.2. The van der Waals surface area contributed by atoms with Crippen molar-refractivity contribution in [3.05, 3.63) is 0 Å². The Morgan fingerprint density at radius 2 is 1.47 bits per heavy atom. The molecule has 0 aliphatic heterocycles. The summed E-state index contributed by atoms with van der Waals surface area (Å²) in [6, 6.07) is -4.29. The van der Waals surface area contributed by atoms with Crippen LogP contribution in [0.1, 0.15) is 53.4 Å². The molecule has 0 heterocycles. The fourth-order valence-corrected chi connectivity index (χ4v) is 2.65. The molecule has 174 valence electrons. The zero-order chi connectivity index (χ0) is 23.4. The van der Waals surface area contributed by atoms with Crippen LogP contribution in [0, 0.1) is 5.92 Å². The molecule has 11 nitrogen and oxygen atoms in total. The zero-order valence-electron chi connectivity index (χ0n) is 18.2. The van der Waals surface area contributed by atoms with Crippen LogP contribution < -0.4 is 27.4 Å². The first-order valence-electron chi connectivity index (χ1n) is 10.2. The second-order valence-corrected chi connectivity index (χ2v) is 7.57. The van der Waals surface area contributed by atoms with E-state index in [0.29, 0.717) is 32.2 Å². The molecule has 0 spiro atoms. The van der Waals surface area contributed by atoms with Crippen LogP contribution in [0.15, 0.2) is 0 Å². The number of nitrogens with two attached hydrogens (primary N) is 2. The van der Waals surface area contributed by atoms with Crippen molar-refractivity contribution in [3.63, 3.8) is 0 Å². The third kappa shape index (κ3) is 9.51. The summed E-state index contributed by atoms with van der Waals surface area (Å²) in [5.74, 6) is -3.54. The number of carbonyl (C=O) groups excluding carboxylic acids is 3. The average Bonchev–Trinajstić information content (AvgIpc) is 2.67. The van der Waals surface area contributed by atoms with Crippen LogP contribution in [0.2, 0.25) is 0 Å². The summed E-state index contributed by atoms with van der Waals surface area (Å²) in [4.78, 5) is 48.8. The van der Waals surface area contributed by atoms with Crippen molar-refractivity contribution in [1.82, 2.24) is 16.0 Å². The van der Waals surface area contributed by atoms with Gasteiger partial charge in [-0.25, -0.2) is 4.79 Å². The Kier molecular flexibility index (Phi) is 12.8. The zero-order valence-corrected chi connectivity index (χ0v) is 18.2. The summed E-state index contributed by atoms with van der Waals surface area (Å²) < 4.78 is 0. The molecule has 11 heteroatoms. The summed E-state index contributed by atoms with van der Waals surface area (Å²) in [6.07, 6.45) is 0.740. The van der Waals surface area contributed by atoms with Gasteiger partial charge in [0.2, 0.25) is 17.7 Å². The number of aliphatic carboxylic acids is 1. The van der Waals surface area contributed by atoms with Gasteiger partial charge in [0.15, 0.2) is 6.04 Å². The van der Waals surface area contributed by atoms with E-state index in [-0.39, 0.29) is 5.92 Å². The van der Waals surface area contributed by atoms with E-state index < -0.39 is 54.0 Å². The number of aliphatic hydroxyl groups excluding tert-OH is 1. The number of aliphatic hydroxyl groups is 1. The predicted octanol–water partition coefficient (Wildman–Crippen LogP) is -1.57. The molecule has 0 aromatic heterocycles. The van der Waals surface area contributed by atoms with Crippen molar-refractivity contribution in [2.24, 2.45) is 17.4 Å². The summed E-state index contributed by atoms with van der Waals surface area (Å²) in [6.45, 7) is 6.71. The van der Waals surface area contributed by atoms with E-state index in [4.69, 9.17) is 11.5 Å². The summed E-state index contributed by atoms with van der Waals surface area (Å²) in [7, 11) is 0. The Morgan fingerprint density at radius 1 is 0.900 bits per heavy atom. The molecule has 0 aliphatic rings. The van der Waals surface area contributed by atoms with Crippen LogP contribution in [-0.4, -0.2) is 70.7 Å². The third-order valence-electron chi connectivity index (χ3n) is 4.83. The van der Waals surface area contributed by atoms with Gasteiger partial charge in [-0.1, -0.05) is 20.3 Å². The Bertz CT molecular complexity index is 584. The van der Waals surface area contributed by atoms with Crippen LogP contribution in [0.4, 0.5) is 0 Å². The van der Waals surface area contributed by atoms with Crippen LogP contribution in [0.3, 0.4) is 0 Å². The molecule has 9 N–H and O–H groups in total. The van der Waals surface area contributed by atoms with E-state index in [2.05, 4.69) is 16.0 Å². The quantitative estimate of drug-likeness (QED) is 0.160. The number of hydrogen-bond donors (Lipinski definition) is 7. The van der Waals surface area contributed by atoms with Crippen molar-refractivity contribution >= 4 is 23.7 Å². The third-order valence-corrected chi connectivity index (χ3v) is 4.83. The number of rotatable bonds is 14. The molecule has 0 fully saturated rings. The minimum absolute atomic E-state index is 0.307. The lowest BCUT2D eigenvalue weighted by Crippen LogP contribution is -2.59. The van der Waals surface area contributed by atoms with E-state index in [0.717, 1.165) is 0 Å². The van der Waals surface area contributed by atoms with Crippen LogP contribution >= 0.6 is 0 Å². The molecule has 6 unspecified atom stereocenters. The van der Waals surface area contributed by atoms with Gasteiger partial charge >= 0.3 is 5.97 Å². The standard InChI is InChI=1S/C19H37N5O6/c1-5-10(2)14(18(28)24-15(12(4)25)19(29)30)23-17(27)13(8-6-7-9-20)22-16(26)11(3)21/h10-15,25H,5-9,20-21H2,1-4H3,(H,22,26)(H,23,27)(H,24,28)(H,29,30). The number of hydrogen-bond acceptors (Lipinski definition) is 7. The molecular weight excluding hydrogens is 394 g/mol. The molecule has 0 radical (unpaired) electrons. The SMILES string of the molecule is CCC(C)C(NC(=O)C(CCCCN)NC(=O)C(C)N)C(=O)NC(C(=O)O)C(C)O. The highest BCUT2D eigenvalue weighted by Gasteiger charge is 2.33. The minimum atomic E-state index is -1.51. The molecule has 30 heavy (non-hydrogen) atoms. The molecule has 0 aromatic carbocycles. The topological polar surface area (TPSA) is 197 Å². The van der Waals surface area contributed by atoms with Crippen molar-refractivity contribution in [1.29, 1.82) is 0 Å². The predicted molar refractivity (Wildman–Crippen MR) is 111 cm³/mol. The number of amides is 3. The maximum absolute atomic E-state index is 12.8. The van der Waals surface area contributed by atoms with Gasteiger partial charge in [-0.15, -0.1) is 0 Å². The molecule has 0 bridgehead atoms. The Hall–Kier alpha value is -2.24. The lowest BCUT2D eigenvalue weighted by atomic mass is 9.96. The Morgan fingerprint density at radius 3 is 1.90 bits per heavy atom. The summed E-state index contributed by atoms with van der Waals surface area (Å²) in [5.41, 5.74) is 11.0. The van der Waals surface area contributed by atoms with Gasteiger partial charge < -0.3 is 37.6 Å². The fraction of sp³-hybridized carbons (Fsp3) is 0.789. The van der Waals surface area contributed by atoms with E-state index in [1.807, 2.05) is 6.92 Å². The molecule has 0 saturated carbocycles. The van der Waals surface area contributed by atoms with Gasteiger partial charge in [-0.3, -0.25) is 14.4 Å². The number of carboxylic acid groups (broad SMARTS) is 1. The van der Waals surface area contributed by atoms with Crippen molar-refractivity contribution < 1.29 is 29.4 Å². The highest BCUT2D eigenvalue weighted by atomic mass is 16.4. The van der Waals surface area contributed by atoms with Gasteiger partial charge in [0.1, 0.15) is 12.1 Å². The van der Waals surface area contributed by atoms with E-state index >= 15 is 0 Å². The molecule has 0 aromatic rings. The first-order chi connectivity index (χ1) is 14.0. The van der Waals surface area contributed by atoms with Crippen molar-refractivity contribution in [2.45, 2.75) is 83.6 Å².